The fraction of sp³-hybridized carbons (Fsp3) is 0.786. The van der Waals surface area contributed by atoms with E-state index in [4.69, 9.17) is 0 Å². The number of rotatable bonds is 3. The zero-order chi connectivity index (χ0) is 14.8. The van der Waals surface area contributed by atoms with Crippen molar-refractivity contribution in [3.8, 4) is 0 Å². The van der Waals surface area contributed by atoms with Gasteiger partial charge in [0.05, 0.1) is 0 Å². The number of hydrogen-bond donors (Lipinski definition) is 2. The van der Waals surface area contributed by atoms with E-state index >= 15 is 0 Å². The normalized spacial score (nSPS) is 23.6. The number of piperazine rings is 1. The van der Waals surface area contributed by atoms with Gasteiger partial charge in [0, 0.05) is 6.42 Å². The molecule has 0 unspecified atom stereocenters. The second kappa shape index (κ2) is 5.91. The lowest BCUT2D eigenvalue weighted by molar-refractivity contribution is -0.155. The highest BCUT2D eigenvalue weighted by atomic mass is 16.2. The number of nitrogens with one attached hydrogen (secondary N) is 2. The number of imide groups is 1. The molecule has 2 heterocycles. The maximum absolute atomic E-state index is 12.3. The van der Waals surface area contributed by atoms with Crippen molar-refractivity contribution >= 4 is 17.7 Å². The molecule has 2 rings (SSSR count). The van der Waals surface area contributed by atoms with Crippen LogP contribution in [0.4, 0.5) is 0 Å². The molecule has 2 aliphatic rings. The average Bonchev–Trinajstić information content (AvgIpc) is 2.41. The maximum Gasteiger partial charge on any atom is 0.252 e. The van der Waals surface area contributed by atoms with Crippen molar-refractivity contribution in [1.82, 2.24) is 15.5 Å². The van der Waals surface area contributed by atoms with Gasteiger partial charge in [-0.15, -0.1) is 0 Å². The molecule has 0 aromatic carbocycles. The number of piperidine rings is 1. The predicted octanol–water partition coefficient (Wildman–Crippen LogP) is 0.0298. The van der Waals surface area contributed by atoms with Crippen molar-refractivity contribution in [2.75, 3.05) is 19.6 Å². The van der Waals surface area contributed by atoms with Crippen molar-refractivity contribution < 1.29 is 14.4 Å². The smallest absolute Gasteiger partial charge is 0.252 e. The molecule has 6 nitrogen and oxygen atoms in total. The molecule has 0 bridgehead atoms. The minimum Gasteiger partial charge on any atom is -0.319 e. The van der Waals surface area contributed by atoms with Gasteiger partial charge < -0.3 is 10.2 Å². The second-order valence-corrected chi connectivity index (χ2v) is 6.15. The maximum atomic E-state index is 12.3. The quantitative estimate of drug-likeness (QED) is 0.715. The summed E-state index contributed by atoms with van der Waals surface area (Å²) in [7, 11) is 0. The third-order valence-corrected chi connectivity index (χ3v) is 4.31. The first-order valence-electron chi connectivity index (χ1n) is 7.26. The van der Waals surface area contributed by atoms with E-state index in [1.807, 2.05) is 0 Å². The fourth-order valence-corrected chi connectivity index (χ4v) is 2.82. The van der Waals surface area contributed by atoms with Crippen LogP contribution < -0.4 is 10.6 Å². The Kier molecular flexibility index (Phi) is 4.42. The molecular formula is C14H23N3O3. The minimum atomic E-state index is -0.945. The Morgan fingerprint density at radius 2 is 1.95 bits per heavy atom. The minimum absolute atomic E-state index is 0.0240. The van der Waals surface area contributed by atoms with Crippen LogP contribution in [-0.4, -0.2) is 47.8 Å². The van der Waals surface area contributed by atoms with E-state index in [0.717, 1.165) is 32.4 Å². The van der Waals surface area contributed by atoms with Gasteiger partial charge in [-0.3, -0.25) is 19.7 Å². The highest BCUT2D eigenvalue weighted by Gasteiger charge is 2.43. The SMILES string of the molecule is CC1(C)C(=O)NC(=O)CN1C(=O)CCC1CCNCC1. The van der Waals surface area contributed by atoms with E-state index in [1.165, 1.54) is 4.90 Å². The lowest BCUT2D eigenvalue weighted by atomic mass is 9.92. The van der Waals surface area contributed by atoms with Crippen LogP contribution >= 0.6 is 0 Å². The first kappa shape index (κ1) is 15.0. The van der Waals surface area contributed by atoms with Crippen LogP contribution in [-0.2, 0) is 14.4 Å². The highest BCUT2D eigenvalue weighted by Crippen LogP contribution is 2.23. The van der Waals surface area contributed by atoms with E-state index in [-0.39, 0.29) is 12.5 Å². The summed E-state index contributed by atoms with van der Waals surface area (Å²) in [5.74, 6) is -0.331. The van der Waals surface area contributed by atoms with E-state index in [0.29, 0.717) is 12.3 Å². The van der Waals surface area contributed by atoms with Gasteiger partial charge in [-0.1, -0.05) is 0 Å². The third kappa shape index (κ3) is 3.17. The number of amides is 3. The van der Waals surface area contributed by atoms with Crippen molar-refractivity contribution in [3.63, 3.8) is 0 Å². The Morgan fingerprint density at radius 3 is 2.60 bits per heavy atom. The Hall–Kier alpha value is -1.43. The summed E-state index contributed by atoms with van der Waals surface area (Å²) in [5.41, 5.74) is -0.945. The van der Waals surface area contributed by atoms with Gasteiger partial charge in [0.25, 0.3) is 5.91 Å². The molecule has 0 aromatic rings. The van der Waals surface area contributed by atoms with E-state index < -0.39 is 17.4 Å². The molecule has 2 saturated heterocycles. The molecule has 0 aliphatic carbocycles. The first-order valence-corrected chi connectivity index (χ1v) is 7.26. The molecule has 0 saturated carbocycles. The molecule has 6 heteroatoms. The molecule has 0 atom stereocenters. The monoisotopic (exact) mass is 281 g/mol. The molecule has 0 spiro atoms. The molecule has 2 N–H and O–H groups in total. The lowest BCUT2D eigenvalue weighted by Crippen LogP contribution is -2.65. The summed E-state index contributed by atoms with van der Waals surface area (Å²) in [6, 6.07) is 0. The van der Waals surface area contributed by atoms with Crippen LogP contribution in [0.3, 0.4) is 0 Å². The van der Waals surface area contributed by atoms with E-state index in [9.17, 15) is 14.4 Å². The molecule has 0 radical (unpaired) electrons. The van der Waals surface area contributed by atoms with Crippen molar-refractivity contribution in [2.45, 2.75) is 45.1 Å². The summed E-state index contributed by atoms with van der Waals surface area (Å²) >= 11 is 0. The standard InChI is InChI=1S/C14H23N3O3/c1-14(2)13(20)16-11(18)9-17(14)12(19)4-3-10-5-7-15-8-6-10/h10,15H,3-9H2,1-2H3,(H,16,18,20). The van der Waals surface area contributed by atoms with Crippen LogP contribution in [0.2, 0.25) is 0 Å². The molecule has 3 amide bonds. The van der Waals surface area contributed by atoms with E-state index in [1.54, 1.807) is 13.8 Å². The molecule has 20 heavy (non-hydrogen) atoms. The van der Waals surface area contributed by atoms with Gasteiger partial charge in [0.2, 0.25) is 11.8 Å². The van der Waals surface area contributed by atoms with Gasteiger partial charge in [-0.2, -0.15) is 0 Å². The van der Waals surface area contributed by atoms with Crippen molar-refractivity contribution in [1.29, 1.82) is 0 Å². The topological polar surface area (TPSA) is 78.5 Å². The van der Waals surface area contributed by atoms with Crippen molar-refractivity contribution in [2.24, 2.45) is 5.92 Å². The van der Waals surface area contributed by atoms with Gasteiger partial charge in [0.15, 0.2) is 0 Å². The lowest BCUT2D eigenvalue weighted by Gasteiger charge is -2.40. The molecular weight excluding hydrogens is 258 g/mol. The van der Waals surface area contributed by atoms with Gasteiger partial charge >= 0.3 is 0 Å². The van der Waals surface area contributed by atoms with Crippen molar-refractivity contribution in [3.05, 3.63) is 0 Å². The fourth-order valence-electron chi connectivity index (χ4n) is 2.82. The Balaban J connectivity index is 1.92. The second-order valence-electron chi connectivity index (χ2n) is 6.15. The van der Waals surface area contributed by atoms with Gasteiger partial charge in [0.1, 0.15) is 12.1 Å². The third-order valence-electron chi connectivity index (χ3n) is 4.31. The zero-order valence-corrected chi connectivity index (χ0v) is 12.2. The van der Waals surface area contributed by atoms with E-state index in [2.05, 4.69) is 10.6 Å². The molecule has 2 aliphatic heterocycles. The van der Waals surface area contributed by atoms with Crippen LogP contribution in [0.5, 0.6) is 0 Å². The van der Waals surface area contributed by atoms with Crippen LogP contribution in [0.25, 0.3) is 0 Å². The summed E-state index contributed by atoms with van der Waals surface area (Å²) in [6.07, 6.45) is 3.43. The van der Waals surface area contributed by atoms with Gasteiger partial charge in [-0.25, -0.2) is 0 Å². The number of nitrogens with zero attached hydrogens (tertiary/aromatic N) is 1. The number of hydrogen-bond acceptors (Lipinski definition) is 4. The summed E-state index contributed by atoms with van der Waals surface area (Å²) in [4.78, 5) is 37.0. The number of carbonyl (C=O) groups excluding carboxylic acids is 3. The molecule has 112 valence electrons. The summed E-state index contributed by atoms with van der Waals surface area (Å²) in [5, 5.41) is 5.58. The van der Waals surface area contributed by atoms with Crippen LogP contribution in [0.1, 0.15) is 39.5 Å². The largest absolute Gasteiger partial charge is 0.319 e. The Morgan fingerprint density at radius 1 is 1.30 bits per heavy atom. The Labute approximate surface area is 119 Å². The summed E-state index contributed by atoms with van der Waals surface area (Å²) in [6.45, 7) is 5.35. The summed E-state index contributed by atoms with van der Waals surface area (Å²) < 4.78 is 0. The highest BCUT2D eigenvalue weighted by molar-refractivity contribution is 6.06. The first-order chi connectivity index (χ1) is 9.41. The molecule has 0 aromatic heterocycles. The van der Waals surface area contributed by atoms with Crippen LogP contribution in [0, 0.1) is 5.92 Å². The number of carbonyl (C=O) groups is 3. The van der Waals surface area contributed by atoms with Crippen LogP contribution in [0.15, 0.2) is 0 Å². The zero-order valence-electron chi connectivity index (χ0n) is 12.2. The molecule has 2 fully saturated rings. The van der Waals surface area contributed by atoms with Gasteiger partial charge in [-0.05, 0) is 52.1 Å². The average molecular weight is 281 g/mol. The predicted molar refractivity (Wildman–Crippen MR) is 73.8 cm³/mol. The Bertz CT molecular complexity index is 414.